The Hall–Kier alpha value is -0.0800. The molecule has 0 N–H and O–H groups in total. The average Bonchev–Trinajstić information content (AvgIpc) is 2.29. The molecule has 0 unspecified atom stereocenters. The molecule has 2 nitrogen and oxygen atoms in total. The molecular formula is C14H30N2. The number of nitrogens with zero attached hydrogens (tertiary/aromatic N) is 2. The molecular weight excluding hydrogens is 196 g/mol. The first-order valence-electron chi connectivity index (χ1n) is 7.17. The lowest BCUT2D eigenvalue weighted by Crippen LogP contribution is -2.44. The largest absolute Gasteiger partial charge is 0.304 e. The van der Waals surface area contributed by atoms with Gasteiger partial charge in [0.15, 0.2) is 0 Å². The second-order valence-corrected chi connectivity index (χ2v) is 5.38. The van der Waals surface area contributed by atoms with Crippen molar-refractivity contribution in [3.63, 3.8) is 0 Å². The number of hydrogen-bond donors (Lipinski definition) is 0. The van der Waals surface area contributed by atoms with E-state index in [4.69, 9.17) is 0 Å². The van der Waals surface area contributed by atoms with Crippen LogP contribution in [0.3, 0.4) is 0 Å². The SMILES string of the molecule is CCCC(CCC)CCN1CCN(C)CC1. The van der Waals surface area contributed by atoms with Gasteiger partial charge >= 0.3 is 0 Å². The Kier molecular flexibility index (Phi) is 7.06. The van der Waals surface area contributed by atoms with Crippen LogP contribution in [-0.4, -0.2) is 49.6 Å². The van der Waals surface area contributed by atoms with E-state index in [0.717, 1.165) is 5.92 Å². The number of piperazine rings is 1. The molecule has 1 aliphatic rings. The summed E-state index contributed by atoms with van der Waals surface area (Å²) >= 11 is 0. The molecule has 0 saturated carbocycles. The number of likely N-dealkylation sites (N-methyl/N-ethyl adjacent to an activating group) is 1. The molecule has 1 saturated heterocycles. The van der Waals surface area contributed by atoms with Crippen molar-refractivity contribution in [2.45, 2.75) is 46.0 Å². The summed E-state index contributed by atoms with van der Waals surface area (Å²) < 4.78 is 0. The molecule has 1 aliphatic heterocycles. The van der Waals surface area contributed by atoms with Gasteiger partial charge in [0.05, 0.1) is 0 Å². The summed E-state index contributed by atoms with van der Waals surface area (Å²) in [6.45, 7) is 11.0. The maximum absolute atomic E-state index is 2.65. The molecule has 0 radical (unpaired) electrons. The van der Waals surface area contributed by atoms with Crippen molar-refractivity contribution >= 4 is 0 Å². The molecule has 0 aromatic rings. The standard InChI is InChI=1S/C14H30N2/c1-4-6-14(7-5-2)8-9-16-12-10-15(3)11-13-16/h14H,4-13H2,1-3H3. The number of rotatable bonds is 7. The van der Waals surface area contributed by atoms with Crippen molar-refractivity contribution in [2.24, 2.45) is 5.92 Å². The van der Waals surface area contributed by atoms with Crippen molar-refractivity contribution < 1.29 is 0 Å². The average molecular weight is 226 g/mol. The highest BCUT2D eigenvalue weighted by atomic mass is 15.2. The van der Waals surface area contributed by atoms with E-state index in [9.17, 15) is 0 Å². The molecule has 1 fully saturated rings. The first kappa shape index (κ1) is 14.0. The van der Waals surface area contributed by atoms with Crippen LogP contribution in [0.5, 0.6) is 0 Å². The monoisotopic (exact) mass is 226 g/mol. The van der Waals surface area contributed by atoms with Gasteiger partial charge in [0.25, 0.3) is 0 Å². The smallest absolute Gasteiger partial charge is 0.0110 e. The Balaban J connectivity index is 2.15. The fourth-order valence-electron chi connectivity index (χ4n) is 2.69. The van der Waals surface area contributed by atoms with E-state index in [0.29, 0.717) is 0 Å². The van der Waals surface area contributed by atoms with Gasteiger partial charge in [-0.2, -0.15) is 0 Å². The highest BCUT2D eigenvalue weighted by Crippen LogP contribution is 2.18. The van der Waals surface area contributed by atoms with Gasteiger partial charge in [-0.25, -0.2) is 0 Å². The Bertz CT molecular complexity index is 156. The molecule has 2 heteroatoms. The lowest BCUT2D eigenvalue weighted by Gasteiger charge is -2.33. The van der Waals surface area contributed by atoms with Gasteiger partial charge < -0.3 is 9.80 Å². The van der Waals surface area contributed by atoms with Gasteiger partial charge in [0.2, 0.25) is 0 Å². The van der Waals surface area contributed by atoms with Crippen molar-refractivity contribution in [1.29, 1.82) is 0 Å². The van der Waals surface area contributed by atoms with E-state index in [2.05, 4.69) is 30.7 Å². The molecule has 0 aromatic carbocycles. The fourth-order valence-corrected chi connectivity index (χ4v) is 2.69. The molecule has 1 rings (SSSR count). The fraction of sp³-hybridized carbons (Fsp3) is 1.00. The van der Waals surface area contributed by atoms with Crippen LogP contribution in [0, 0.1) is 5.92 Å². The maximum Gasteiger partial charge on any atom is 0.0110 e. The van der Waals surface area contributed by atoms with E-state index in [-0.39, 0.29) is 0 Å². The molecule has 0 spiro atoms. The van der Waals surface area contributed by atoms with Crippen LogP contribution in [0.15, 0.2) is 0 Å². The lowest BCUT2D eigenvalue weighted by atomic mass is 9.94. The third-order valence-corrected chi connectivity index (χ3v) is 3.84. The molecule has 0 atom stereocenters. The zero-order valence-corrected chi connectivity index (χ0v) is 11.5. The van der Waals surface area contributed by atoms with Crippen LogP contribution in [-0.2, 0) is 0 Å². The summed E-state index contributed by atoms with van der Waals surface area (Å²) in [5.74, 6) is 0.981. The highest BCUT2D eigenvalue weighted by molar-refractivity contribution is 4.70. The summed E-state index contributed by atoms with van der Waals surface area (Å²) in [7, 11) is 2.23. The van der Waals surface area contributed by atoms with Crippen LogP contribution < -0.4 is 0 Å². The summed E-state index contributed by atoms with van der Waals surface area (Å²) in [6.07, 6.45) is 7.00. The predicted molar refractivity (Wildman–Crippen MR) is 71.9 cm³/mol. The second kappa shape index (κ2) is 8.08. The summed E-state index contributed by atoms with van der Waals surface area (Å²) in [6, 6.07) is 0. The van der Waals surface area contributed by atoms with Crippen molar-refractivity contribution in [3.8, 4) is 0 Å². The Morgan fingerprint density at radius 2 is 1.44 bits per heavy atom. The molecule has 16 heavy (non-hydrogen) atoms. The molecule has 1 heterocycles. The lowest BCUT2D eigenvalue weighted by molar-refractivity contribution is 0.145. The van der Waals surface area contributed by atoms with Crippen LogP contribution in [0.1, 0.15) is 46.0 Å². The summed E-state index contributed by atoms with van der Waals surface area (Å²) in [5, 5.41) is 0. The van der Waals surface area contributed by atoms with Gasteiger partial charge in [-0.05, 0) is 25.9 Å². The Labute approximate surface area is 102 Å². The molecule has 0 bridgehead atoms. The van der Waals surface area contributed by atoms with Gasteiger partial charge in [-0.15, -0.1) is 0 Å². The van der Waals surface area contributed by atoms with Gasteiger partial charge in [0, 0.05) is 26.2 Å². The topological polar surface area (TPSA) is 6.48 Å². The van der Waals surface area contributed by atoms with Crippen LogP contribution in [0.2, 0.25) is 0 Å². The van der Waals surface area contributed by atoms with E-state index in [1.807, 2.05) is 0 Å². The zero-order chi connectivity index (χ0) is 11.8. The Morgan fingerprint density at radius 1 is 0.875 bits per heavy atom. The quantitative estimate of drug-likeness (QED) is 0.658. The molecule has 0 aliphatic carbocycles. The Morgan fingerprint density at radius 3 is 1.94 bits per heavy atom. The van der Waals surface area contributed by atoms with Gasteiger partial charge in [0.1, 0.15) is 0 Å². The first-order valence-corrected chi connectivity index (χ1v) is 7.17. The summed E-state index contributed by atoms with van der Waals surface area (Å²) in [4.78, 5) is 5.09. The minimum absolute atomic E-state index is 0.981. The van der Waals surface area contributed by atoms with E-state index in [1.165, 1.54) is 64.8 Å². The summed E-state index contributed by atoms with van der Waals surface area (Å²) in [5.41, 5.74) is 0. The zero-order valence-electron chi connectivity index (χ0n) is 11.5. The normalized spacial score (nSPS) is 19.5. The minimum atomic E-state index is 0.981. The highest BCUT2D eigenvalue weighted by Gasteiger charge is 2.15. The van der Waals surface area contributed by atoms with Crippen LogP contribution in [0.4, 0.5) is 0 Å². The third-order valence-electron chi connectivity index (χ3n) is 3.84. The minimum Gasteiger partial charge on any atom is -0.304 e. The third kappa shape index (κ3) is 5.31. The molecule has 0 aromatic heterocycles. The second-order valence-electron chi connectivity index (χ2n) is 5.38. The first-order chi connectivity index (χ1) is 7.76. The molecule has 96 valence electrons. The van der Waals surface area contributed by atoms with E-state index < -0.39 is 0 Å². The number of hydrogen-bond acceptors (Lipinski definition) is 2. The van der Waals surface area contributed by atoms with Gasteiger partial charge in [-0.3, -0.25) is 0 Å². The van der Waals surface area contributed by atoms with Crippen molar-refractivity contribution in [1.82, 2.24) is 9.80 Å². The predicted octanol–water partition coefficient (Wildman–Crippen LogP) is 2.84. The molecule has 0 amide bonds. The van der Waals surface area contributed by atoms with Crippen LogP contribution in [0.25, 0.3) is 0 Å². The van der Waals surface area contributed by atoms with Crippen LogP contribution >= 0.6 is 0 Å². The maximum atomic E-state index is 2.65. The van der Waals surface area contributed by atoms with Gasteiger partial charge in [-0.1, -0.05) is 39.5 Å². The van der Waals surface area contributed by atoms with E-state index >= 15 is 0 Å². The van der Waals surface area contributed by atoms with Crippen molar-refractivity contribution in [2.75, 3.05) is 39.8 Å². The van der Waals surface area contributed by atoms with Crippen molar-refractivity contribution in [3.05, 3.63) is 0 Å². The van der Waals surface area contributed by atoms with E-state index in [1.54, 1.807) is 0 Å².